The Morgan fingerprint density at radius 1 is 1.00 bits per heavy atom. The number of hydrogen-bond donors (Lipinski definition) is 2. The fourth-order valence-corrected chi connectivity index (χ4v) is 2.97. The van der Waals surface area contributed by atoms with Crippen molar-refractivity contribution >= 4 is 16.6 Å². The summed E-state index contributed by atoms with van der Waals surface area (Å²) in [6, 6.07) is 15.4. The molecule has 0 spiro atoms. The fraction of sp³-hybridized carbons (Fsp3) is 0.188. The largest absolute Gasteiger partial charge is 0.380 e. The Balaban J connectivity index is 1.62. The van der Waals surface area contributed by atoms with Gasteiger partial charge in [-0.2, -0.15) is 5.10 Å². The highest BCUT2D eigenvalue weighted by Crippen LogP contribution is 2.27. The molecule has 94 valence electrons. The van der Waals surface area contributed by atoms with Crippen molar-refractivity contribution in [1.29, 1.82) is 0 Å². The summed E-state index contributed by atoms with van der Waals surface area (Å²) in [5, 5.41) is 12.0. The van der Waals surface area contributed by atoms with Crippen molar-refractivity contribution in [3.8, 4) is 0 Å². The Hall–Kier alpha value is -2.29. The quantitative estimate of drug-likeness (QED) is 0.732. The predicted octanol–water partition coefficient (Wildman–Crippen LogP) is 3.14. The first kappa shape index (κ1) is 10.6. The predicted molar refractivity (Wildman–Crippen MR) is 77.4 cm³/mol. The number of fused-ring (bicyclic) bond motifs is 2. The van der Waals surface area contributed by atoms with E-state index in [1.54, 1.807) is 0 Å². The van der Waals surface area contributed by atoms with E-state index < -0.39 is 0 Å². The first-order chi connectivity index (χ1) is 9.40. The normalized spacial score (nSPS) is 14.7. The van der Waals surface area contributed by atoms with Crippen LogP contribution in [0.15, 0.2) is 48.7 Å². The minimum absolute atomic E-state index is 0.478. The lowest BCUT2D eigenvalue weighted by atomic mass is 10.1. The van der Waals surface area contributed by atoms with Crippen LogP contribution in [0.25, 0.3) is 10.9 Å². The molecule has 3 nitrogen and oxygen atoms in total. The minimum atomic E-state index is 0.478. The second-order valence-electron chi connectivity index (χ2n) is 5.16. The number of nitrogens with one attached hydrogen (secondary N) is 2. The highest BCUT2D eigenvalue weighted by molar-refractivity contribution is 5.90. The van der Waals surface area contributed by atoms with E-state index in [-0.39, 0.29) is 0 Å². The zero-order valence-corrected chi connectivity index (χ0v) is 10.6. The van der Waals surface area contributed by atoms with Gasteiger partial charge in [0, 0.05) is 11.4 Å². The molecule has 0 unspecified atom stereocenters. The zero-order valence-electron chi connectivity index (χ0n) is 10.6. The van der Waals surface area contributed by atoms with E-state index in [1.807, 2.05) is 6.20 Å². The van der Waals surface area contributed by atoms with Crippen molar-refractivity contribution in [2.75, 3.05) is 5.32 Å². The SMILES string of the molecule is c1ccc2c(c1)CC(Nc1cccc3cn[nH]c13)C2. The number of hydrogen-bond acceptors (Lipinski definition) is 2. The Morgan fingerprint density at radius 3 is 2.58 bits per heavy atom. The molecule has 2 aromatic carbocycles. The maximum atomic E-state index is 4.11. The number of aromatic nitrogens is 2. The summed E-state index contributed by atoms with van der Waals surface area (Å²) in [7, 11) is 0. The standard InChI is InChI=1S/C16H15N3/c1-2-5-12-9-14(8-11(12)4-1)18-15-7-3-6-13-10-17-19-16(13)15/h1-7,10,14,18H,8-9H2,(H,17,19). The Labute approximate surface area is 111 Å². The fourth-order valence-electron chi connectivity index (χ4n) is 2.97. The number of anilines is 1. The van der Waals surface area contributed by atoms with Gasteiger partial charge in [0.15, 0.2) is 0 Å². The summed E-state index contributed by atoms with van der Waals surface area (Å²) in [4.78, 5) is 0. The molecule has 1 heterocycles. The van der Waals surface area contributed by atoms with Crippen LogP contribution in [-0.4, -0.2) is 16.2 Å². The first-order valence-electron chi connectivity index (χ1n) is 6.65. The number of benzene rings is 2. The lowest BCUT2D eigenvalue weighted by molar-refractivity contribution is 0.775. The smallest absolute Gasteiger partial charge is 0.0881 e. The molecule has 19 heavy (non-hydrogen) atoms. The zero-order chi connectivity index (χ0) is 12.7. The second kappa shape index (κ2) is 4.12. The van der Waals surface area contributed by atoms with Crippen molar-refractivity contribution in [3.05, 3.63) is 59.8 Å². The van der Waals surface area contributed by atoms with Crippen molar-refractivity contribution in [2.45, 2.75) is 18.9 Å². The molecule has 3 heteroatoms. The molecular weight excluding hydrogens is 234 g/mol. The van der Waals surface area contributed by atoms with Gasteiger partial charge in [-0.1, -0.05) is 36.4 Å². The van der Waals surface area contributed by atoms with Crippen LogP contribution in [0.3, 0.4) is 0 Å². The number of para-hydroxylation sites is 1. The summed E-state index contributed by atoms with van der Waals surface area (Å²) >= 11 is 0. The van der Waals surface area contributed by atoms with Gasteiger partial charge in [0.05, 0.1) is 17.4 Å². The van der Waals surface area contributed by atoms with Gasteiger partial charge in [-0.15, -0.1) is 0 Å². The van der Waals surface area contributed by atoms with E-state index in [2.05, 4.69) is 58.0 Å². The van der Waals surface area contributed by atoms with Gasteiger partial charge >= 0.3 is 0 Å². The van der Waals surface area contributed by atoms with E-state index in [4.69, 9.17) is 0 Å². The van der Waals surface area contributed by atoms with Crippen LogP contribution >= 0.6 is 0 Å². The van der Waals surface area contributed by atoms with Gasteiger partial charge in [-0.05, 0) is 30.0 Å². The molecule has 0 aliphatic heterocycles. The maximum absolute atomic E-state index is 4.11. The number of aromatic amines is 1. The summed E-state index contributed by atoms with van der Waals surface area (Å²) in [5.41, 5.74) is 5.18. The molecule has 1 aromatic heterocycles. The van der Waals surface area contributed by atoms with E-state index in [0.29, 0.717) is 6.04 Å². The highest BCUT2D eigenvalue weighted by atomic mass is 15.1. The minimum Gasteiger partial charge on any atom is -0.380 e. The van der Waals surface area contributed by atoms with Gasteiger partial charge in [0.1, 0.15) is 0 Å². The molecule has 1 aliphatic carbocycles. The van der Waals surface area contributed by atoms with Crippen LogP contribution in [0.4, 0.5) is 5.69 Å². The van der Waals surface area contributed by atoms with E-state index >= 15 is 0 Å². The van der Waals surface area contributed by atoms with Crippen molar-refractivity contribution < 1.29 is 0 Å². The number of rotatable bonds is 2. The lowest BCUT2D eigenvalue weighted by Gasteiger charge is -2.14. The van der Waals surface area contributed by atoms with Crippen molar-refractivity contribution in [1.82, 2.24) is 10.2 Å². The average molecular weight is 249 g/mol. The number of nitrogens with zero attached hydrogens (tertiary/aromatic N) is 1. The molecule has 4 rings (SSSR count). The summed E-state index contributed by atoms with van der Waals surface area (Å²) in [6.07, 6.45) is 4.06. The topological polar surface area (TPSA) is 40.7 Å². The molecule has 0 amide bonds. The Kier molecular flexibility index (Phi) is 2.30. The maximum Gasteiger partial charge on any atom is 0.0881 e. The van der Waals surface area contributed by atoms with Crippen LogP contribution in [0.1, 0.15) is 11.1 Å². The van der Waals surface area contributed by atoms with Crippen molar-refractivity contribution in [2.24, 2.45) is 0 Å². The van der Waals surface area contributed by atoms with Gasteiger partial charge in [-0.3, -0.25) is 5.10 Å². The van der Waals surface area contributed by atoms with Crippen LogP contribution in [0, 0.1) is 0 Å². The Morgan fingerprint density at radius 2 is 1.79 bits per heavy atom. The van der Waals surface area contributed by atoms with Crippen LogP contribution < -0.4 is 5.32 Å². The average Bonchev–Trinajstić information content (AvgIpc) is 3.04. The monoisotopic (exact) mass is 249 g/mol. The molecule has 3 aromatic rings. The number of H-pyrrole nitrogens is 1. The van der Waals surface area contributed by atoms with Crippen LogP contribution in [-0.2, 0) is 12.8 Å². The van der Waals surface area contributed by atoms with E-state index in [1.165, 1.54) is 11.1 Å². The third-order valence-electron chi connectivity index (χ3n) is 3.89. The second-order valence-corrected chi connectivity index (χ2v) is 5.16. The highest BCUT2D eigenvalue weighted by Gasteiger charge is 2.21. The van der Waals surface area contributed by atoms with Crippen LogP contribution in [0.5, 0.6) is 0 Å². The molecule has 0 saturated carbocycles. The molecule has 1 aliphatic rings. The molecule has 0 bridgehead atoms. The Bertz CT molecular complexity index is 704. The van der Waals surface area contributed by atoms with Gasteiger partial charge in [0.25, 0.3) is 0 Å². The third-order valence-corrected chi connectivity index (χ3v) is 3.89. The summed E-state index contributed by atoms with van der Waals surface area (Å²) < 4.78 is 0. The van der Waals surface area contributed by atoms with Gasteiger partial charge in [-0.25, -0.2) is 0 Å². The first-order valence-corrected chi connectivity index (χ1v) is 6.65. The molecular formula is C16H15N3. The molecule has 0 saturated heterocycles. The lowest BCUT2D eigenvalue weighted by Crippen LogP contribution is -2.19. The van der Waals surface area contributed by atoms with Gasteiger partial charge < -0.3 is 5.32 Å². The molecule has 0 fully saturated rings. The third kappa shape index (κ3) is 1.78. The van der Waals surface area contributed by atoms with Crippen molar-refractivity contribution in [3.63, 3.8) is 0 Å². The molecule has 0 atom stereocenters. The van der Waals surface area contributed by atoms with Crippen LogP contribution in [0.2, 0.25) is 0 Å². The summed E-state index contributed by atoms with van der Waals surface area (Å²) in [5.74, 6) is 0. The van der Waals surface area contributed by atoms with Gasteiger partial charge in [0.2, 0.25) is 0 Å². The summed E-state index contributed by atoms with van der Waals surface area (Å²) in [6.45, 7) is 0. The van der Waals surface area contributed by atoms with E-state index in [0.717, 1.165) is 29.4 Å². The van der Waals surface area contributed by atoms with E-state index in [9.17, 15) is 0 Å². The molecule has 0 radical (unpaired) electrons. The molecule has 2 N–H and O–H groups in total.